The number of nitrogens with zero attached hydrogens (tertiary/aromatic N) is 2. The molecule has 2 aromatic rings. The number of aliphatic hydroxyl groups is 1. The number of β-amino-alcohol motifs (C(OH)–C–C–N with tert-alkyl or cyclic N) is 1. The van der Waals surface area contributed by atoms with Gasteiger partial charge in [-0.25, -0.2) is 4.79 Å². The van der Waals surface area contributed by atoms with E-state index in [4.69, 9.17) is 10.5 Å². The number of halogens is 1. The molecule has 1 aliphatic heterocycles. The summed E-state index contributed by atoms with van der Waals surface area (Å²) >= 11 is 0. The fraction of sp³-hybridized carbons (Fsp3) is 0.353. The molecule has 2 atom stereocenters. The maximum atomic E-state index is 13.5. The lowest BCUT2D eigenvalue weighted by atomic mass is 10.2. The van der Waals surface area contributed by atoms with Crippen molar-refractivity contribution in [3.63, 3.8) is 0 Å². The van der Waals surface area contributed by atoms with Gasteiger partial charge < -0.3 is 20.5 Å². The standard InChI is InChI=1S/C17H19FN4O5/c18-12-7-22(17(26)20-15(12)24)13-8-21(9-14(13)23)16(25)10-2-1-3-11(6-10)27-5-4-19/h1-3,6-7,13-14,23H,4-5,8-9,19H2,(H,20,24,26)/t13-,14-/m1/s1. The monoisotopic (exact) mass is 378 g/mol. The zero-order valence-electron chi connectivity index (χ0n) is 14.3. The van der Waals surface area contributed by atoms with Crippen molar-refractivity contribution in [1.29, 1.82) is 0 Å². The van der Waals surface area contributed by atoms with Crippen molar-refractivity contribution in [3.8, 4) is 5.75 Å². The van der Waals surface area contributed by atoms with E-state index in [0.717, 1.165) is 10.8 Å². The Hall–Kier alpha value is -2.98. The van der Waals surface area contributed by atoms with Crippen LogP contribution in [0.2, 0.25) is 0 Å². The van der Waals surface area contributed by atoms with E-state index in [1.54, 1.807) is 24.3 Å². The van der Waals surface area contributed by atoms with Gasteiger partial charge in [-0.15, -0.1) is 0 Å². The van der Waals surface area contributed by atoms with Gasteiger partial charge in [0.15, 0.2) is 0 Å². The van der Waals surface area contributed by atoms with E-state index in [-0.39, 0.29) is 19.0 Å². The number of carbonyl (C=O) groups excluding carboxylic acids is 1. The zero-order chi connectivity index (χ0) is 19.6. The minimum Gasteiger partial charge on any atom is -0.492 e. The lowest BCUT2D eigenvalue weighted by Gasteiger charge is -2.17. The number of benzene rings is 1. The number of aromatic amines is 1. The highest BCUT2D eigenvalue weighted by Gasteiger charge is 2.36. The first-order valence-electron chi connectivity index (χ1n) is 8.32. The van der Waals surface area contributed by atoms with Crippen molar-refractivity contribution in [2.75, 3.05) is 26.2 Å². The zero-order valence-corrected chi connectivity index (χ0v) is 14.3. The number of likely N-dealkylation sites (tertiary alicyclic amines) is 1. The Morgan fingerprint density at radius 1 is 1.37 bits per heavy atom. The predicted octanol–water partition coefficient (Wildman–Crippen LogP) is -0.929. The molecule has 0 aliphatic carbocycles. The number of rotatable bonds is 5. The molecule has 1 aliphatic rings. The molecular weight excluding hydrogens is 359 g/mol. The fourth-order valence-electron chi connectivity index (χ4n) is 2.99. The van der Waals surface area contributed by atoms with Crippen molar-refractivity contribution >= 4 is 5.91 Å². The van der Waals surface area contributed by atoms with Gasteiger partial charge in [-0.2, -0.15) is 4.39 Å². The highest BCUT2D eigenvalue weighted by Crippen LogP contribution is 2.24. The summed E-state index contributed by atoms with van der Waals surface area (Å²) in [7, 11) is 0. The molecule has 1 fully saturated rings. The van der Waals surface area contributed by atoms with E-state index >= 15 is 0 Å². The first kappa shape index (κ1) is 18.8. The van der Waals surface area contributed by atoms with E-state index in [0.29, 0.717) is 24.5 Å². The fourth-order valence-corrected chi connectivity index (χ4v) is 2.99. The summed E-state index contributed by atoms with van der Waals surface area (Å²) < 4.78 is 19.8. The summed E-state index contributed by atoms with van der Waals surface area (Å²) in [5.41, 5.74) is 3.75. The van der Waals surface area contributed by atoms with Gasteiger partial charge in [0.25, 0.3) is 11.5 Å². The lowest BCUT2D eigenvalue weighted by molar-refractivity contribution is 0.0764. The number of amides is 1. The highest BCUT2D eigenvalue weighted by molar-refractivity contribution is 5.94. The molecule has 3 rings (SSSR count). The molecule has 1 saturated heterocycles. The molecule has 2 heterocycles. The largest absolute Gasteiger partial charge is 0.492 e. The Kier molecular flexibility index (Phi) is 5.38. The summed E-state index contributed by atoms with van der Waals surface area (Å²) in [4.78, 5) is 39.0. The van der Waals surface area contributed by atoms with Gasteiger partial charge in [0.2, 0.25) is 5.82 Å². The summed E-state index contributed by atoms with van der Waals surface area (Å²) in [5, 5.41) is 10.3. The Bertz CT molecular complexity index is 957. The summed E-state index contributed by atoms with van der Waals surface area (Å²) in [6.07, 6.45) is -0.349. The van der Waals surface area contributed by atoms with Crippen LogP contribution >= 0.6 is 0 Å². The van der Waals surface area contributed by atoms with Gasteiger partial charge in [0, 0.05) is 25.2 Å². The molecule has 0 saturated carbocycles. The van der Waals surface area contributed by atoms with Crippen molar-refractivity contribution < 1.29 is 19.0 Å². The average molecular weight is 378 g/mol. The molecule has 9 nitrogen and oxygen atoms in total. The van der Waals surface area contributed by atoms with E-state index in [2.05, 4.69) is 0 Å². The average Bonchev–Trinajstić information content (AvgIpc) is 3.04. The number of aliphatic hydroxyl groups excluding tert-OH is 1. The SMILES string of the molecule is NCCOc1cccc(C(=O)N2C[C@@H](O)[C@H](n3cc(F)c(=O)[nH]c3=O)C2)c1. The Balaban J connectivity index is 1.80. The number of aromatic nitrogens is 2. The van der Waals surface area contributed by atoms with Crippen LogP contribution in [0.5, 0.6) is 5.75 Å². The molecule has 0 radical (unpaired) electrons. The second-order valence-electron chi connectivity index (χ2n) is 6.15. The van der Waals surface area contributed by atoms with Gasteiger partial charge in [-0.1, -0.05) is 6.07 Å². The van der Waals surface area contributed by atoms with Crippen LogP contribution in [-0.2, 0) is 0 Å². The van der Waals surface area contributed by atoms with E-state index < -0.39 is 29.2 Å². The first-order valence-corrected chi connectivity index (χ1v) is 8.32. The normalized spacial score (nSPS) is 19.3. The van der Waals surface area contributed by atoms with Crippen LogP contribution < -0.4 is 21.7 Å². The molecule has 0 bridgehead atoms. The highest BCUT2D eigenvalue weighted by atomic mass is 19.1. The number of hydrogen-bond donors (Lipinski definition) is 3. The maximum Gasteiger partial charge on any atom is 0.328 e. The van der Waals surface area contributed by atoms with Gasteiger partial charge >= 0.3 is 5.69 Å². The summed E-state index contributed by atoms with van der Waals surface area (Å²) in [6, 6.07) is 5.64. The predicted molar refractivity (Wildman–Crippen MR) is 93.2 cm³/mol. The van der Waals surface area contributed by atoms with Crippen molar-refractivity contribution in [2.24, 2.45) is 5.73 Å². The Morgan fingerprint density at radius 3 is 2.89 bits per heavy atom. The van der Waals surface area contributed by atoms with Crippen molar-refractivity contribution in [3.05, 3.63) is 62.7 Å². The number of ether oxygens (including phenoxy) is 1. The molecule has 1 aromatic carbocycles. The smallest absolute Gasteiger partial charge is 0.328 e. The molecule has 1 aromatic heterocycles. The molecule has 0 unspecified atom stereocenters. The Morgan fingerprint density at radius 2 is 2.15 bits per heavy atom. The lowest BCUT2D eigenvalue weighted by Crippen LogP contribution is -2.37. The molecule has 10 heteroatoms. The second kappa shape index (κ2) is 7.72. The number of H-pyrrole nitrogens is 1. The third-order valence-electron chi connectivity index (χ3n) is 4.30. The van der Waals surface area contributed by atoms with Crippen LogP contribution in [0.3, 0.4) is 0 Å². The van der Waals surface area contributed by atoms with Gasteiger partial charge in [0.05, 0.1) is 18.3 Å². The quantitative estimate of drug-likeness (QED) is 0.616. The van der Waals surface area contributed by atoms with Crippen LogP contribution in [-0.4, -0.2) is 57.8 Å². The maximum absolute atomic E-state index is 13.5. The van der Waals surface area contributed by atoms with Crippen molar-refractivity contribution in [1.82, 2.24) is 14.5 Å². The summed E-state index contributed by atoms with van der Waals surface area (Å²) in [5.74, 6) is -1.02. The van der Waals surface area contributed by atoms with E-state index in [1.165, 1.54) is 4.90 Å². The van der Waals surface area contributed by atoms with Gasteiger partial charge in [0.1, 0.15) is 12.4 Å². The Labute approximate surface area is 152 Å². The number of hydrogen-bond acceptors (Lipinski definition) is 6. The third-order valence-corrected chi connectivity index (χ3v) is 4.30. The van der Waals surface area contributed by atoms with Gasteiger partial charge in [-0.3, -0.25) is 19.1 Å². The topological polar surface area (TPSA) is 131 Å². The van der Waals surface area contributed by atoms with E-state index in [1.807, 2.05) is 4.98 Å². The second-order valence-corrected chi connectivity index (χ2v) is 6.15. The molecule has 1 amide bonds. The molecule has 144 valence electrons. The van der Waals surface area contributed by atoms with Crippen LogP contribution in [0.25, 0.3) is 0 Å². The minimum atomic E-state index is -1.14. The molecular formula is C17H19FN4O5. The van der Waals surface area contributed by atoms with Crippen LogP contribution in [0.4, 0.5) is 4.39 Å². The van der Waals surface area contributed by atoms with E-state index in [9.17, 15) is 23.9 Å². The number of nitrogens with two attached hydrogens (primary N) is 1. The number of carbonyl (C=O) groups is 1. The third kappa shape index (κ3) is 3.91. The molecule has 0 spiro atoms. The van der Waals surface area contributed by atoms with Crippen LogP contribution in [0.15, 0.2) is 40.1 Å². The van der Waals surface area contributed by atoms with Crippen LogP contribution in [0, 0.1) is 5.82 Å². The first-order chi connectivity index (χ1) is 12.9. The summed E-state index contributed by atoms with van der Waals surface area (Å²) in [6.45, 7) is 0.593. The molecule has 27 heavy (non-hydrogen) atoms. The van der Waals surface area contributed by atoms with Crippen molar-refractivity contribution in [2.45, 2.75) is 12.1 Å². The van der Waals surface area contributed by atoms with Gasteiger partial charge in [-0.05, 0) is 18.2 Å². The minimum absolute atomic E-state index is 0.0146. The number of nitrogens with one attached hydrogen (secondary N) is 1. The van der Waals surface area contributed by atoms with Crippen LogP contribution in [0.1, 0.15) is 16.4 Å². The molecule has 4 N–H and O–H groups in total.